The van der Waals surface area contributed by atoms with Crippen LogP contribution in [0.5, 0.6) is 0 Å². The van der Waals surface area contributed by atoms with Gasteiger partial charge in [0, 0.05) is 37.7 Å². The topological polar surface area (TPSA) is 88.5 Å². The molecule has 31 heavy (non-hydrogen) atoms. The lowest BCUT2D eigenvalue weighted by atomic mass is 9.82. The molecule has 4 rings (SSSR count). The molecule has 0 radical (unpaired) electrons. The van der Waals surface area contributed by atoms with Crippen LogP contribution in [0.25, 0.3) is 0 Å². The summed E-state index contributed by atoms with van der Waals surface area (Å²) in [7, 11) is -3.83. The van der Waals surface area contributed by atoms with Gasteiger partial charge in [0.15, 0.2) is 0 Å². The second-order valence-electron chi connectivity index (χ2n) is 9.84. The maximum atomic E-state index is 13.1. The minimum absolute atomic E-state index is 0.0493. The van der Waals surface area contributed by atoms with Crippen LogP contribution >= 0.6 is 0 Å². The van der Waals surface area contributed by atoms with Gasteiger partial charge in [-0.2, -0.15) is 0 Å². The van der Waals surface area contributed by atoms with Crippen molar-refractivity contribution in [2.45, 2.75) is 51.0 Å². The van der Waals surface area contributed by atoms with E-state index in [1.807, 2.05) is 11.0 Å². The van der Waals surface area contributed by atoms with E-state index in [1.165, 1.54) is 12.1 Å². The molecule has 166 valence electrons. The quantitative estimate of drug-likeness (QED) is 0.787. The van der Waals surface area contributed by atoms with Gasteiger partial charge in [0.1, 0.15) is 5.69 Å². The number of carbonyl (C=O) groups excluding carboxylic acids is 1. The maximum absolute atomic E-state index is 13.1. The van der Waals surface area contributed by atoms with E-state index in [9.17, 15) is 18.0 Å². The summed E-state index contributed by atoms with van der Waals surface area (Å²) < 4.78 is 29.4. The number of amides is 1. The van der Waals surface area contributed by atoms with Crippen molar-refractivity contribution in [1.82, 2.24) is 9.47 Å². The molecule has 1 amide bonds. The van der Waals surface area contributed by atoms with Crippen molar-refractivity contribution in [1.29, 1.82) is 0 Å². The predicted octanol–water partition coefficient (Wildman–Crippen LogP) is 3.03. The highest BCUT2D eigenvalue weighted by Gasteiger charge is 2.37. The van der Waals surface area contributed by atoms with E-state index < -0.39 is 10.0 Å². The Kier molecular flexibility index (Phi) is 5.45. The van der Waals surface area contributed by atoms with E-state index in [4.69, 9.17) is 0 Å². The minimum Gasteiger partial charge on any atom is -0.342 e. The van der Waals surface area contributed by atoms with Gasteiger partial charge in [-0.15, -0.1) is 0 Å². The number of sulfonamides is 1. The third kappa shape index (κ3) is 4.54. The predicted molar refractivity (Wildman–Crippen MR) is 119 cm³/mol. The molecule has 2 bridgehead atoms. The van der Waals surface area contributed by atoms with E-state index in [1.54, 1.807) is 28.8 Å². The molecule has 0 aliphatic carbocycles. The van der Waals surface area contributed by atoms with Crippen LogP contribution in [-0.4, -0.2) is 36.9 Å². The number of piperidine rings is 1. The molecule has 1 aromatic heterocycles. The second kappa shape index (κ2) is 7.82. The van der Waals surface area contributed by atoms with Gasteiger partial charge in [0.2, 0.25) is 5.91 Å². The molecule has 2 atom stereocenters. The van der Waals surface area contributed by atoms with Gasteiger partial charge in [-0.25, -0.2) is 8.42 Å². The van der Waals surface area contributed by atoms with Gasteiger partial charge in [0.05, 0.1) is 4.90 Å². The minimum atomic E-state index is -3.83. The third-order valence-electron chi connectivity index (χ3n) is 5.94. The lowest BCUT2D eigenvalue weighted by Crippen LogP contribution is -2.49. The summed E-state index contributed by atoms with van der Waals surface area (Å²) in [5.74, 6) is 0.433. The Labute approximate surface area is 183 Å². The molecule has 2 aliphatic heterocycles. The number of rotatable bonds is 4. The summed E-state index contributed by atoms with van der Waals surface area (Å²) in [6, 6.07) is 11.4. The van der Waals surface area contributed by atoms with Crippen molar-refractivity contribution in [3.63, 3.8) is 0 Å². The zero-order chi connectivity index (χ0) is 22.4. The summed E-state index contributed by atoms with van der Waals surface area (Å²) in [5.41, 5.74) is 0.523. The van der Waals surface area contributed by atoms with Gasteiger partial charge < -0.3 is 9.47 Å². The standard InChI is InChI=1S/C23H29N3O4S/c1-23(2,3)12-21(27)25-13-16-11-17(15-25)20-10-9-19(22(28)26(20)14-16)24-31(29,30)18-7-5-4-6-8-18/h4-10,16-17,24H,11-15H2,1-3H3/t16-,17+/m0/s1. The Hall–Kier alpha value is -2.61. The summed E-state index contributed by atoms with van der Waals surface area (Å²) in [6.45, 7) is 7.90. The van der Waals surface area contributed by atoms with Gasteiger partial charge >= 0.3 is 0 Å². The van der Waals surface area contributed by atoms with Gasteiger partial charge in [-0.1, -0.05) is 39.0 Å². The SMILES string of the molecule is CC(C)(C)CC(=O)N1C[C@@H]2C[C@H](C1)c1ccc(NS(=O)(=O)c3ccccc3)c(=O)n1C2. The number of pyridine rings is 1. The first kappa shape index (κ1) is 21.6. The lowest BCUT2D eigenvalue weighted by molar-refractivity contribution is -0.135. The van der Waals surface area contributed by atoms with Gasteiger partial charge in [0.25, 0.3) is 15.6 Å². The number of aromatic nitrogens is 1. The number of benzene rings is 1. The third-order valence-corrected chi connectivity index (χ3v) is 7.32. The largest absolute Gasteiger partial charge is 0.342 e. The Morgan fingerprint density at radius 2 is 1.77 bits per heavy atom. The number of hydrogen-bond donors (Lipinski definition) is 1. The zero-order valence-electron chi connectivity index (χ0n) is 18.2. The van der Waals surface area contributed by atoms with Crippen molar-refractivity contribution in [2.24, 2.45) is 11.3 Å². The average Bonchev–Trinajstić information content (AvgIpc) is 2.69. The van der Waals surface area contributed by atoms with E-state index in [-0.39, 0.29) is 39.3 Å². The Morgan fingerprint density at radius 3 is 2.45 bits per heavy atom. The highest BCUT2D eigenvalue weighted by atomic mass is 32.2. The summed E-state index contributed by atoms with van der Waals surface area (Å²) >= 11 is 0. The number of nitrogens with zero attached hydrogens (tertiary/aromatic N) is 2. The van der Waals surface area contributed by atoms with Crippen molar-refractivity contribution >= 4 is 21.6 Å². The second-order valence-corrected chi connectivity index (χ2v) is 11.5. The van der Waals surface area contributed by atoms with Crippen LogP contribution in [0.4, 0.5) is 5.69 Å². The number of nitrogens with one attached hydrogen (secondary N) is 1. The van der Waals surface area contributed by atoms with Crippen LogP contribution < -0.4 is 10.3 Å². The van der Waals surface area contributed by atoms with Gasteiger partial charge in [-0.05, 0) is 42.0 Å². The molecule has 8 heteroatoms. The number of carbonyl (C=O) groups is 1. The Balaban J connectivity index is 1.58. The number of fused-ring (bicyclic) bond motifs is 4. The highest BCUT2D eigenvalue weighted by Crippen LogP contribution is 2.36. The van der Waals surface area contributed by atoms with Crippen LogP contribution in [0.1, 0.15) is 45.2 Å². The molecule has 1 saturated heterocycles. The number of likely N-dealkylation sites (tertiary alicyclic amines) is 1. The summed E-state index contributed by atoms with van der Waals surface area (Å²) in [6.07, 6.45) is 1.44. The molecule has 0 saturated carbocycles. The first-order valence-electron chi connectivity index (χ1n) is 10.6. The molecule has 3 heterocycles. The number of hydrogen-bond acceptors (Lipinski definition) is 4. The highest BCUT2D eigenvalue weighted by molar-refractivity contribution is 7.92. The Bertz CT molecular complexity index is 1150. The van der Waals surface area contributed by atoms with Crippen LogP contribution in [0.2, 0.25) is 0 Å². The molecule has 0 spiro atoms. The summed E-state index contributed by atoms with van der Waals surface area (Å²) in [4.78, 5) is 27.9. The molecule has 1 aromatic carbocycles. The lowest BCUT2D eigenvalue weighted by Gasteiger charge is -2.43. The van der Waals surface area contributed by atoms with Crippen LogP contribution in [0, 0.1) is 11.3 Å². The van der Waals surface area contributed by atoms with Crippen LogP contribution in [0.15, 0.2) is 52.2 Å². The van der Waals surface area contributed by atoms with Crippen molar-refractivity contribution in [3.8, 4) is 0 Å². The monoisotopic (exact) mass is 443 g/mol. The molecule has 1 N–H and O–H groups in total. The molecular formula is C23H29N3O4S. The number of anilines is 1. The molecule has 2 aliphatic rings. The fourth-order valence-electron chi connectivity index (χ4n) is 4.60. The zero-order valence-corrected chi connectivity index (χ0v) is 19.0. The smallest absolute Gasteiger partial charge is 0.275 e. The first-order chi connectivity index (χ1) is 14.5. The normalized spacial score (nSPS) is 20.8. The van der Waals surface area contributed by atoms with E-state index in [2.05, 4.69) is 25.5 Å². The van der Waals surface area contributed by atoms with E-state index in [0.717, 1.165) is 12.1 Å². The van der Waals surface area contributed by atoms with Crippen molar-refractivity contribution in [2.75, 3.05) is 17.8 Å². The molecule has 1 fully saturated rings. The molecule has 2 aromatic rings. The van der Waals surface area contributed by atoms with Crippen molar-refractivity contribution in [3.05, 3.63) is 58.5 Å². The molecule has 7 nitrogen and oxygen atoms in total. The molecular weight excluding hydrogens is 414 g/mol. The van der Waals surface area contributed by atoms with Crippen molar-refractivity contribution < 1.29 is 13.2 Å². The fraction of sp³-hybridized carbons (Fsp3) is 0.478. The maximum Gasteiger partial charge on any atom is 0.275 e. The van der Waals surface area contributed by atoms with Crippen LogP contribution in [-0.2, 0) is 21.4 Å². The molecule has 0 unspecified atom stereocenters. The van der Waals surface area contributed by atoms with E-state index in [0.29, 0.717) is 26.1 Å². The summed E-state index contributed by atoms with van der Waals surface area (Å²) in [5, 5.41) is 0. The van der Waals surface area contributed by atoms with E-state index >= 15 is 0 Å². The first-order valence-corrected chi connectivity index (χ1v) is 12.1. The average molecular weight is 444 g/mol. The Morgan fingerprint density at radius 1 is 1.06 bits per heavy atom. The van der Waals surface area contributed by atoms with Gasteiger partial charge in [-0.3, -0.25) is 14.3 Å². The van der Waals surface area contributed by atoms with Crippen LogP contribution in [0.3, 0.4) is 0 Å². The fourth-order valence-corrected chi connectivity index (χ4v) is 5.67.